The number of anilines is 1. The van der Waals surface area contributed by atoms with Crippen molar-refractivity contribution in [2.45, 2.75) is 40.5 Å². The first kappa shape index (κ1) is 16.5. The number of nitrogens with zero attached hydrogens (tertiary/aromatic N) is 1. The molecule has 1 N–H and O–H groups in total. The summed E-state index contributed by atoms with van der Waals surface area (Å²) in [5.41, 5.74) is 0.759. The maximum absolute atomic E-state index is 12.7. The standard InChI is InChI=1S/C18H26N2O2/c1-13-8-10-20(11-9-13)17(22)18(3,4)16(21)19-15-7-5-6-14(2)12-15/h5-7,12-13H,8-11H2,1-4H3,(H,19,21). The summed E-state index contributed by atoms with van der Waals surface area (Å²) in [5, 5.41) is 2.87. The van der Waals surface area contributed by atoms with Crippen LogP contribution in [0, 0.1) is 18.3 Å². The van der Waals surface area contributed by atoms with Crippen molar-refractivity contribution in [3.8, 4) is 0 Å². The highest BCUT2D eigenvalue weighted by Crippen LogP contribution is 2.25. The molecule has 0 unspecified atom stereocenters. The number of hydrogen-bond acceptors (Lipinski definition) is 2. The molecule has 0 aliphatic carbocycles. The molecule has 0 spiro atoms. The van der Waals surface area contributed by atoms with Gasteiger partial charge in [0.2, 0.25) is 11.8 Å². The summed E-state index contributed by atoms with van der Waals surface area (Å²) in [4.78, 5) is 27.1. The van der Waals surface area contributed by atoms with Gasteiger partial charge in [0.25, 0.3) is 0 Å². The maximum atomic E-state index is 12.7. The summed E-state index contributed by atoms with van der Waals surface area (Å²) in [6, 6.07) is 7.61. The Bertz CT molecular complexity index is 558. The second kappa shape index (κ2) is 6.51. The van der Waals surface area contributed by atoms with Gasteiger partial charge in [0.15, 0.2) is 0 Å². The van der Waals surface area contributed by atoms with Gasteiger partial charge in [-0.15, -0.1) is 0 Å². The van der Waals surface area contributed by atoms with Gasteiger partial charge in [0.1, 0.15) is 5.41 Å². The zero-order valence-corrected chi connectivity index (χ0v) is 14.0. The number of hydrogen-bond donors (Lipinski definition) is 1. The van der Waals surface area contributed by atoms with E-state index in [4.69, 9.17) is 0 Å². The molecular formula is C18H26N2O2. The molecule has 120 valence electrons. The van der Waals surface area contributed by atoms with Crippen LogP contribution in [0.5, 0.6) is 0 Å². The van der Waals surface area contributed by atoms with Crippen LogP contribution in [0.4, 0.5) is 5.69 Å². The van der Waals surface area contributed by atoms with Crippen molar-refractivity contribution in [3.63, 3.8) is 0 Å². The summed E-state index contributed by atoms with van der Waals surface area (Å²) < 4.78 is 0. The van der Waals surface area contributed by atoms with Crippen LogP contribution in [0.3, 0.4) is 0 Å². The quantitative estimate of drug-likeness (QED) is 0.872. The Morgan fingerprint density at radius 1 is 1.23 bits per heavy atom. The van der Waals surface area contributed by atoms with Gasteiger partial charge in [0, 0.05) is 18.8 Å². The van der Waals surface area contributed by atoms with E-state index in [2.05, 4.69) is 12.2 Å². The molecule has 22 heavy (non-hydrogen) atoms. The number of amides is 2. The molecule has 0 bridgehead atoms. The Labute approximate surface area is 132 Å². The van der Waals surface area contributed by atoms with E-state index in [9.17, 15) is 9.59 Å². The Balaban J connectivity index is 2.05. The average Bonchev–Trinajstić information content (AvgIpc) is 2.47. The Hall–Kier alpha value is -1.84. The third-order valence-corrected chi connectivity index (χ3v) is 4.45. The lowest BCUT2D eigenvalue weighted by Crippen LogP contribution is -2.49. The summed E-state index contributed by atoms with van der Waals surface area (Å²) in [7, 11) is 0. The molecule has 4 heteroatoms. The molecule has 1 aliphatic heterocycles. The molecule has 1 saturated heterocycles. The molecule has 4 nitrogen and oxygen atoms in total. The van der Waals surface area contributed by atoms with Crippen molar-refractivity contribution in [3.05, 3.63) is 29.8 Å². The summed E-state index contributed by atoms with van der Waals surface area (Å²) in [5.74, 6) is 0.333. The predicted octanol–water partition coefficient (Wildman–Crippen LogP) is 3.22. The van der Waals surface area contributed by atoms with Crippen LogP contribution in [0.2, 0.25) is 0 Å². The van der Waals surface area contributed by atoms with Crippen LogP contribution in [0.25, 0.3) is 0 Å². The minimum absolute atomic E-state index is 0.0791. The monoisotopic (exact) mass is 302 g/mol. The lowest BCUT2D eigenvalue weighted by atomic mass is 9.88. The van der Waals surface area contributed by atoms with Crippen LogP contribution >= 0.6 is 0 Å². The highest BCUT2D eigenvalue weighted by Gasteiger charge is 2.39. The zero-order valence-electron chi connectivity index (χ0n) is 14.0. The van der Waals surface area contributed by atoms with Gasteiger partial charge < -0.3 is 10.2 Å². The smallest absolute Gasteiger partial charge is 0.239 e. The van der Waals surface area contributed by atoms with Gasteiger partial charge in [-0.1, -0.05) is 19.1 Å². The predicted molar refractivity (Wildman–Crippen MR) is 88.6 cm³/mol. The molecule has 0 saturated carbocycles. The fraction of sp³-hybridized carbons (Fsp3) is 0.556. The summed E-state index contributed by atoms with van der Waals surface area (Å²) in [6.07, 6.45) is 2.03. The lowest BCUT2D eigenvalue weighted by molar-refractivity contribution is -0.147. The topological polar surface area (TPSA) is 49.4 Å². The number of piperidine rings is 1. The van der Waals surface area contributed by atoms with E-state index < -0.39 is 5.41 Å². The molecule has 1 heterocycles. The van der Waals surface area contributed by atoms with Gasteiger partial charge in [-0.2, -0.15) is 0 Å². The second-order valence-corrected chi connectivity index (χ2v) is 6.92. The van der Waals surface area contributed by atoms with E-state index >= 15 is 0 Å². The van der Waals surface area contributed by atoms with Crippen molar-refractivity contribution in [2.75, 3.05) is 18.4 Å². The third kappa shape index (κ3) is 3.67. The number of likely N-dealkylation sites (tertiary alicyclic amines) is 1. The van der Waals surface area contributed by atoms with Crippen molar-refractivity contribution in [2.24, 2.45) is 11.3 Å². The average molecular weight is 302 g/mol. The van der Waals surface area contributed by atoms with E-state index in [0.717, 1.165) is 37.2 Å². The molecule has 1 aromatic carbocycles. The first-order valence-electron chi connectivity index (χ1n) is 7.98. The Morgan fingerprint density at radius 3 is 2.45 bits per heavy atom. The fourth-order valence-corrected chi connectivity index (χ4v) is 2.71. The largest absolute Gasteiger partial charge is 0.342 e. The molecule has 1 aromatic rings. The molecule has 2 amide bonds. The second-order valence-electron chi connectivity index (χ2n) is 6.92. The normalized spacial score (nSPS) is 16.5. The van der Waals surface area contributed by atoms with Gasteiger partial charge in [0.05, 0.1) is 0 Å². The molecule has 2 rings (SSSR count). The van der Waals surface area contributed by atoms with Crippen LogP contribution in [-0.2, 0) is 9.59 Å². The van der Waals surface area contributed by atoms with Crippen LogP contribution < -0.4 is 5.32 Å². The Morgan fingerprint density at radius 2 is 1.86 bits per heavy atom. The molecular weight excluding hydrogens is 276 g/mol. The van der Waals surface area contributed by atoms with Crippen molar-refractivity contribution in [1.82, 2.24) is 4.90 Å². The lowest BCUT2D eigenvalue weighted by Gasteiger charge is -2.35. The number of rotatable bonds is 3. The van der Waals surface area contributed by atoms with Crippen molar-refractivity contribution in [1.29, 1.82) is 0 Å². The number of carbonyl (C=O) groups is 2. The number of carbonyl (C=O) groups excluding carboxylic acids is 2. The first-order valence-corrected chi connectivity index (χ1v) is 7.98. The number of benzene rings is 1. The third-order valence-electron chi connectivity index (χ3n) is 4.45. The van der Waals surface area contributed by atoms with Gasteiger partial charge in [-0.05, 0) is 57.2 Å². The van der Waals surface area contributed by atoms with Crippen LogP contribution in [-0.4, -0.2) is 29.8 Å². The first-order chi connectivity index (χ1) is 10.3. The number of nitrogens with one attached hydrogen (secondary N) is 1. The van der Waals surface area contributed by atoms with Crippen LogP contribution in [0.1, 0.15) is 39.2 Å². The summed E-state index contributed by atoms with van der Waals surface area (Å²) >= 11 is 0. The van der Waals surface area contributed by atoms with E-state index in [-0.39, 0.29) is 11.8 Å². The zero-order chi connectivity index (χ0) is 16.3. The summed E-state index contributed by atoms with van der Waals surface area (Å²) in [6.45, 7) is 9.09. The minimum Gasteiger partial charge on any atom is -0.342 e. The highest BCUT2D eigenvalue weighted by atomic mass is 16.2. The highest BCUT2D eigenvalue weighted by molar-refractivity contribution is 6.09. The SMILES string of the molecule is Cc1cccc(NC(=O)C(C)(C)C(=O)N2CCC(C)CC2)c1. The van der Waals surface area contributed by atoms with Gasteiger partial charge in [-0.3, -0.25) is 9.59 Å². The minimum atomic E-state index is -1.05. The number of aryl methyl sites for hydroxylation is 1. The molecule has 0 radical (unpaired) electrons. The molecule has 0 atom stereocenters. The van der Waals surface area contributed by atoms with Crippen molar-refractivity contribution < 1.29 is 9.59 Å². The van der Waals surface area contributed by atoms with E-state index in [1.165, 1.54) is 0 Å². The Kier molecular flexibility index (Phi) is 4.89. The van der Waals surface area contributed by atoms with E-state index in [1.54, 1.807) is 13.8 Å². The van der Waals surface area contributed by atoms with Crippen molar-refractivity contribution >= 4 is 17.5 Å². The maximum Gasteiger partial charge on any atom is 0.239 e. The molecule has 0 aromatic heterocycles. The van der Waals surface area contributed by atoms with E-state index in [1.807, 2.05) is 36.1 Å². The van der Waals surface area contributed by atoms with Gasteiger partial charge in [-0.25, -0.2) is 0 Å². The van der Waals surface area contributed by atoms with E-state index in [0.29, 0.717) is 5.92 Å². The molecule has 1 aliphatic rings. The van der Waals surface area contributed by atoms with Gasteiger partial charge >= 0.3 is 0 Å². The van der Waals surface area contributed by atoms with Crippen LogP contribution in [0.15, 0.2) is 24.3 Å². The molecule has 1 fully saturated rings. The fourth-order valence-electron chi connectivity index (χ4n) is 2.71.